The van der Waals surface area contributed by atoms with E-state index in [9.17, 15) is 4.79 Å². The summed E-state index contributed by atoms with van der Waals surface area (Å²) in [6.07, 6.45) is 3.17. The van der Waals surface area contributed by atoms with E-state index in [1.54, 1.807) is 0 Å². The first-order valence-electron chi connectivity index (χ1n) is 3.73. The number of rotatable bonds is 0. The topological polar surface area (TPSA) is 17.1 Å². The van der Waals surface area contributed by atoms with Crippen LogP contribution in [0.3, 0.4) is 0 Å². The van der Waals surface area contributed by atoms with Gasteiger partial charge in [-0.15, -0.1) is 0 Å². The minimum atomic E-state index is 0.348. The summed E-state index contributed by atoms with van der Waals surface area (Å²) < 4.78 is 0. The van der Waals surface area contributed by atoms with E-state index in [-0.39, 0.29) is 0 Å². The van der Waals surface area contributed by atoms with Crippen LogP contribution in [0, 0.1) is 11.8 Å². The number of hydrogen-bond donors (Lipinski definition) is 0. The summed E-state index contributed by atoms with van der Waals surface area (Å²) in [5.74, 6) is 1.46. The maximum absolute atomic E-state index is 11.0. The van der Waals surface area contributed by atoms with Gasteiger partial charge in [-0.25, -0.2) is 0 Å². The highest BCUT2D eigenvalue weighted by Crippen LogP contribution is 2.24. The fraction of sp³-hybridized carbons (Fsp3) is 0.875. The van der Waals surface area contributed by atoms with Crippen LogP contribution in [0.15, 0.2) is 0 Å². The predicted octanol–water partition coefficient (Wildman–Crippen LogP) is 2.01. The van der Waals surface area contributed by atoms with Crippen LogP contribution in [0.4, 0.5) is 0 Å². The van der Waals surface area contributed by atoms with Crippen LogP contribution in [-0.2, 0) is 4.79 Å². The lowest BCUT2D eigenvalue weighted by molar-refractivity contribution is -0.125. The number of ketones is 1. The van der Waals surface area contributed by atoms with Crippen molar-refractivity contribution >= 4 is 5.78 Å². The highest BCUT2D eigenvalue weighted by molar-refractivity contribution is 5.81. The van der Waals surface area contributed by atoms with Crippen molar-refractivity contribution in [2.24, 2.45) is 11.8 Å². The minimum Gasteiger partial charge on any atom is -0.299 e. The van der Waals surface area contributed by atoms with Crippen LogP contribution in [0.25, 0.3) is 0 Å². The Morgan fingerprint density at radius 2 is 2.00 bits per heavy atom. The average Bonchev–Trinajstić information content (AvgIpc) is 1.80. The van der Waals surface area contributed by atoms with Gasteiger partial charge in [0.25, 0.3) is 0 Å². The van der Waals surface area contributed by atoms with Crippen LogP contribution in [0.2, 0.25) is 0 Å². The maximum atomic E-state index is 11.0. The van der Waals surface area contributed by atoms with E-state index in [0.717, 1.165) is 12.8 Å². The molecule has 52 valence electrons. The predicted molar refractivity (Wildman–Crippen MR) is 37.2 cm³/mol. The molecule has 0 radical (unpaired) electrons. The molecule has 0 aliphatic heterocycles. The monoisotopic (exact) mass is 126 g/mol. The third kappa shape index (κ3) is 1.54. The molecule has 1 saturated carbocycles. The molecule has 0 aromatic carbocycles. The van der Waals surface area contributed by atoms with Crippen LogP contribution in [0.5, 0.6) is 0 Å². The van der Waals surface area contributed by atoms with E-state index in [4.69, 9.17) is 0 Å². The van der Waals surface area contributed by atoms with Gasteiger partial charge in [0.1, 0.15) is 5.78 Å². The second-order valence-electron chi connectivity index (χ2n) is 3.25. The Kier molecular flexibility index (Phi) is 1.89. The molecule has 0 unspecified atom stereocenters. The molecule has 9 heavy (non-hydrogen) atoms. The maximum Gasteiger partial charge on any atom is 0.135 e. The second kappa shape index (κ2) is 2.51. The van der Waals surface area contributed by atoms with Crippen molar-refractivity contribution < 1.29 is 4.79 Å². The molecule has 0 aromatic heterocycles. The van der Waals surface area contributed by atoms with Crippen LogP contribution >= 0.6 is 0 Å². The molecule has 0 amide bonds. The molecule has 0 aromatic rings. The van der Waals surface area contributed by atoms with E-state index in [2.05, 4.69) is 6.92 Å². The zero-order valence-corrected chi connectivity index (χ0v) is 6.18. The van der Waals surface area contributed by atoms with E-state index in [1.165, 1.54) is 6.42 Å². The molecule has 1 aliphatic rings. The van der Waals surface area contributed by atoms with Gasteiger partial charge in [-0.3, -0.25) is 4.79 Å². The highest BCUT2D eigenvalue weighted by atomic mass is 16.1. The summed E-state index contributed by atoms with van der Waals surface area (Å²) in [6.45, 7) is 4.19. The van der Waals surface area contributed by atoms with Crippen molar-refractivity contribution in [3.63, 3.8) is 0 Å². The molecule has 1 fully saturated rings. The largest absolute Gasteiger partial charge is 0.299 e. The fourth-order valence-electron chi connectivity index (χ4n) is 1.34. The zero-order valence-electron chi connectivity index (χ0n) is 6.18. The first-order chi connectivity index (χ1) is 4.20. The van der Waals surface area contributed by atoms with E-state index in [1.807, 2.05) is 6.92 Å². The zero-order chi connectivity index (χ0) is 6.85. The normalized spacial score (nSPS) is 36.9. The van der Waals surface area contributed by atoms with Crippen molar-refractivity contribution in [2.75, 3.05) is 0 Å². The molecular weight excluding hydrogens is 112 g/mol. The Bertz CT molecular complexity index is 118. The van der Waals surface area contributed by atoms with Gasteiger partial charge in [0.2, 0.25) is 0 Å². The van der Waals surface area contributed by atoms with Gasteiger partial charge in [-0.05, 0) is 18.8 Å². The lowest BCUT2D eigenvalue weighted by atomic mass is 9.83. The Morgan fingerprint density at radius 1 is 1.33 bits per heavy atom. The highest BCUT2D eigenvalue weighted by Gasteiger charge is 2.21. The van der Waals surface area contributed by atoms with Gasteiger partial charge in [-0.2, -0.15) is 0 Å². The number of hydrogen-bond acceptors (Lipinski definition) is 1. The third-order valence-electron chi connectivity index (χ3n) is 2.19. The second-order valence-corrected chi connectivity index (χ2v) is 3.25. The summed E-state index contributed by atoms with van der Waals surface area (Å²) >= 11 is 0. The molecule has 0 bridgehead atoms. The lowest BCUT2D eigenvalue weighted by Crippen LogP contribution is -2.20. The quantitative estimate of drug-likeness (QED) is 0.485. The van der Waals surface area contributed by atoms with Gasteiger partial charge in [0.05, 0.1) is 0 Å². The van der Waals surface area contributed by atoms with Gasteiger partial charge in [0.15, 0.2) is 0 Å². The Labute approximate surface area is 56.4 Å². The fourth-order valence-corrected chi connectivity index (χ4v) is 1.34. The first kappa shape index (κ1) is 6.79. The summed E-state index contributed by atoms with van der Waals surface area (Å²) in [7, 11) is 0. The van der Waals surface area contributed by atoms with Gasteiger partial charge in [-0.1, -0.05) is 13.8 Å². The molecule has 0 heterocycles. The van der Waals surface area contributed by atoms with Crippen LogP contribution in [-0.4, -0.2) is 5.78 Å². The van der Waals surface area contributed by atoms with Gasteiger partial charge in [0, 0.05) is 12.3 Å². The number of carbonyl (C=O) groups excluding carboxylic acids is 1. The summed E-state index contributed by atoms with van der Waals surface area (Å²) in [4.78, 5) is 11.0. The molecule has 1 nitrogen and oxygen atoms in total. The Hall–Kier alpha value is -0.330. The van der Waals surface area contributed by atoms with Crippen molar-refractivity contribution in [1.82, 2.24) is 0 Å². The van der Waals surface area contributed by atoms with Crippen molar-refractivity contribution in [3.05, 3.63) is 0 Å². The summed E-state index contributed by atoms with van der Waals surface area (Å²) in [5.41, 5.74) is 0. The number of Topliss-reactive ketones (excluding diaryl/α,β-unsaturated/α-hetero) is 1. The molecule has 0 N–H and O–H groups in total. The van der Waals surface area contributed by atoms with Crippen molar-refractivity contribution in [2.45, 2.75) is 33.1 Å². The van der Waals surface area contributed by atoms with E-state index < -0.39 is 0 Å². The number of carbonyl (C=O) groups is 1. The standard InChI is InChI=1S/C8H14O/c1-6-3-4-7(2)8(9)5-6/h6-7H,3-5H2,1-2H3/t6-,7-/m1/s1. The molecule has 0 saturated heterocycles. The minimum absolute atomic E-state index is 0.348. The SMILES string of the molecule is C[C@@H]1CC[C@@H](C)C(=O)C1. The molecule has 1 heteroatoms. The van der Waals surface area contributed by atoms with Crippen LogP contribution in [0.1, 0.15) is 33.1 Å². The lowest BCUT2D eigenvalue weighted by Gasteiger charge is -2.21. The summed E-state index contributed by atoms with van der Waals surface area (Å²) in [6, 6.07) is 0. The van der Waals surface area contributed by atoms with Gasteiger partial charge >= 0.3 is 0 Å². The van der Waals surface area contributed by atoms with Crippen molar-refractivity contribution in [3.8, 4) is 0 Å². The smallest absolute Gasteiger partial charge is 0.135 e. The average molecular weight is 126 g/mol. The van der Waals surface area contributed by atoms with E-state index in [0.29, 0.717) is 17.6 Å². The molecule has 1 aliphatic carbocycles. The molecule has 0 spiro atoms. The molecular formula is C8H14O. The van der Waals surface area contributed by atoms with Crippen molar-refractivity contribution in [1.29, 1.82) is 0 Å². The summed E-state index contributed by atoms with van der Waals surface area (Å²) in [5, 5.41) is 0. The Balaban J connectivity index is 2.44. The van der Waals surface area contributed by atoms with E-state index >= 15 is 0 Å². The third-order valence-corrected chi connectivity index (χ3v) is 2.19. The molecule has 2 atom stereocenters. The Morgan fingerprint density at radius 3 is 2.44 bits per heavy atom. The van der Waals surface area contributed by atoms with Crippen LogP contribution < -0.4 is 0 Å². The van der Waals surface area contributed by atoms with Gasteiger partial charge < -0.3 is 0 Å². The first-order valence-corrected chi connectivity index (χ1v) is 3.73. The molecule has 1 rings (SSSR count).